The number of likely N-dealkylation sites (N-methyl/N-ethyl adjacent to an activating group) is 1. The van der Waals surface area contributed by atoms with E-state index in [1.165, 1.54) is 6.42 Å². The smallest absolute Gasteiger partial charge is 0.340 e. The zero-order valence-corrected chi connectivity index (χ0v) is 17.4. The Kier molecular flexibility index (Phi) is 3.63. The second-order valence-electron chi connectivity index (χ2n) is 9.73. The van der Waals surface area contributed by atoms with Crippen molar-refractivity contribution in [2.75, 3.05) is 17.3 Å². The number of allylic oxidation sites excluding steroid dienone is 1. The van der Waals surface area contributed by atoms with Gasteiger partial charge in [-0.2, -0.15) is 0 Å². The summed E-state index contributed by atoms with van der Waals surface area (Å²) in [6, 6.07) is 7.90. The predicted octanol–water partition coefficient (Wildman–Crippen LogP) is 4.31. The van der Waals surface area contributed by atoms with E-state index >= 15 is 0 Å². The van der Waals surface area contributed by atoms with Gasteiger partial charge in [-0.1, -0.05) is 32.9 Å². The molecular formula is C23H30N2O3. The van der Waals surface area contributed by atoms with Gasteiger partial charge in [-0.25, -0.2) is 4.79 Å². The molecule has 5 rings (SSSR count). The summed E-state index contributed by atoms with van der Waals surface area (Å²) in [5, 5.41) is 3.51. The summed E-state index contributed by atoms with van der Waals surface area (Å²) in [4.78, 5) is 15.4. The van der Waals surface area contributed by atoms with E-state index in [4.69, 9.17) is 9.47 Å². The van der Waals surface area contributed by atoms with Gasteiger partial charge >= 0.3 is 5.97 Å². The number of hydrogen-bond donors (Lipinski definition) is 1. The van der Waals surface area contributed by atoms with E-state index in [-0.39, 0.29) is 35.2 Å². The molecule has 2 fully saturated rings. The average Bonchev–Trinajstić information content (AvgIpc) is 3.16. The second kappa shape index (κ2) is 5.68. The third-order valence-corrected chi connectivity index (χ3v) is 8.43. The van der Waals surface area contributed by atoms with Crippen LogP contribution in [0.4, 0.5) is 11.4 Å². The van der Waals surface area contributed by atoms with Gasteiger partial charge in [0.25, 0.3) is 0 Å². The summed E-state index contributed by atoms with van der Waals surface area (Å²) in [5.74, 6) is 1.09. The molecule has 1 aromatic rings. The first-order chi connectivity index (χ1) is 13.2. The minimum Gasteiger partial charge on any atom is -0.472 e. The molecule has 2 aliphatic heterocycles. The number of para-hydroxylation sites is 2. The standard InChI is InChI=1S/C23H30N2O3/c1-13-18(19-20(27-13)25(5)16-9-7-6-8-15(16)24-19)21(26)28-17-12-14-10-11-23(17,4)22(14,2)3/h6-9,14,17,19-20,24H,10-12H2,1-5H3. The zero-order valence-electron chi connectivity index (χ0n) is 17.4. The molecule has 5 heteroatoms. The molecule has 0 spiro atoms. The van der Waals surface area contributed by atoms with Crippen molar-refractivity contribution in [2.45, 2.75) is 65.3 Å². The van der Waals surface area contributed by atoms with Gasteiger partial charge in [0.1, 0.15) is 23.5 Å². The van der Waals surface area contributed by atoms with Crippen molar-refractivity contribution in [1.29, 1.82) is 0 Å². The van der Waals surface area contributed by atoms with Gasteiger partial charge in [0.2, 0.25) is 0 Å². The van der Waals surface area contributed by atoms with Crippen molar-refractivity contribution >= 4 is 17.3 Å². The Morgan fingerprint density at radius 3 is 2.71 bits per heavy atom. The number of esters is 1. The largest absolute Gasteiger partial charge is 0.472 e. The lowest BCUT2D eigenvalue weighted by molar-refractivity contribution is -0.152. The highest BCUT2D eigenvalue weighted by Crippen LogP contribution is 2.66. The average molecular weight is 383 g/mol. The first-order valence-electron chi connectivity index (χ1n) is 10.4. The summed E-state index contributed by atoms with van der Waals surface area (Å²) in [6.45, 7) is 8.86. The van der Waals surface area contributed by atoms with Crippen LogP contribution < -0.4 is 10.2 Å². The molecule has 2 aliphatic carbocycles. The SMILES string of the molecule is CC1=C(C(=O)OC2CC3CCC2(C)C3(C)C)C2Nc3ccccc3N(C)C2O1. The minimum absolute atomic E-state index is 0.0123. The van der Waals surface area contributed by atoms with E-state index in [0.29, 0.717) is 17.3 Å². The lowest BCUT2D eigenvalue weighted by Gasteiger charge is -2.39. The van der Waals surface area contributed by atoms with Crippen molar-refractivity contribution in [3.8, 4) is 0 Å². The Morgan fingerprint density at radius 1 is 1.29 bits per heavy atom. The Morgan fingerprint density at radius 2 is 2.04 bits per heavy atom. The molecule has 5 atom stereocenters. The second-order valence-corrected chi connectivity index (χ2v) is 9.73. The fourth-order valence-electron chi connectivity index (χ4n) is 6.10. The molecule has 0 amide bonds. The maximum Gasteiger partial charge on any atom is 0.340 e. The zero-order chi connectivity index (χ0) is 19.8. The number of carbonyl (C=O) groups is 1. The first kappa shape index (κ1) is 17.9. The molecule has 150 valence electrons. The number of hydrogen-bond acceptors (Lipinski definition) is 5. The molecule has 0 radical (unpaired) electrons. The summed E-state index contributed by atoms with van der Waals surface area (Å²) in [7, 11) is 2.01. The van der Waals surface area contributed by atoms with Crippen LogP contribution in [0, 0.1) is 16.7 Å². The van der Waals surface area contributed by atoms with Crippen LogP contribution in [0.15, 0.2) is 35.6 Å². The van der Waals surface area contributed by atoms with Crippen molar-refractivity contribution in [2.24, 2.45) is 16.7 Å². The molecule has 4 aliphatic rings. The van der Waals surface area contributed by atoms with Gasteiger partial charge in [-0.05, 0) is 49.7 Å². The lowest BCUT2D eigenvalue weighted by Crippen LogP contribution is -2.49. The lowest BCUT2D eigenvalue weighted by atomic mass is 9.70. The van der Waals surface area contributed by atoms with Gasteiger partial charge < -0.3 is 19.7 Å². The van der Waals surface area contributed by atoms with E-state index in [2.05, 4.69) is 37.1 Å². The maximum atomic E-state index is 13.3. The summed E-state index contributed by atoms with van der Waals surface area (Å²) < 4.78 is 12.3. The molecular weight excluding hydrogens is 352 g/mol. The Balaban J connectivity index is 1.40. The van der Waals surface area contributed by atoms with Crippen LogP contribution in [0.1, 0.15) is 47.0 Å². The molecule has 2 saturated carbocycles. The first-order valence-corrected chi connectivity index (χ1v) is 10.4. The minimum atomic E-state index is -0.232. The highest BCUT2D eigenvalue weighted by molar-refractivity contribution is 5.93. The number of nitrogens with one attached hydrogen (secondary N) is 1. The summed E-state index contributed by atoms with van der Waals surface area (Å²) >= 11 is 0. The van der Waals surface area contributed by atoms with Crippen LogP contribution in [-0.4, -0.2) is 31.4 Å². The number of carbonyl (C=O) groups excluding carboxylic acids is 1. The number of nitrogens with zero attached hydrogens (tertiary/aromatic N) is 1. The molecule has 0 aromatic heterocycles. The van der Waals surface area contributed by atoms with Gasteiger partial charge in [0, 0.05) is 12.5 Å². The highest BCUT2D eigenvalue weighted by atomic mass is 16.6. The van der Waals surface area contributed by atoms with Crippen molar-refractivity contribution in [1.82, 2.24) is 0 Å². The van der Waals surface area contributed by atoms with E-state index in [0.717, 1.165) is 24.2 Å². The number of rotatable bonds is 2. The molecule has 0 saturated heterocycles. The quantitative estimate of drug-likeness (QED) is 0.773. The molecule has 5 nitrogen and oxygen atoms in total. The maximum absolute atomic E-state index is 13.3. The van der Waals surface area contributed by atoms with Crippen LogP contribution in [0.3, 0.4) is 0 Å². The van der Waals surface area contributed by atoms with Gasteiger partial charge in [-0.3, -0.25) is 0 Å². The van der Waals surface area contributed by atoms with Crippen LogP contribution >= 0.6 is 0 Å². The Labute approximate surface area is 167 Å². The van der Waals surface area contributed by atoms with Crippen LogP contribution in [0.25, 0.3) is 0 Å². The Hall–Kier alpha value is -2.17. The third-order valence-electron chi connectivity index (χ3n) is 8.43. The van der Waals surface area contributed by atoms with Crippen molar-refractivity contribution < 1.29 is 14.3 Å². The molecule has 28 heavy (non-hydrogen) atoms. The summed E-state index contributed by atoms with van der Waals surface area (Å²) in [5.41, 5.74) is 3.01. The van der Waals surface area contributed by atoms with Crippen LogP contribution in [-0.2, 0) is 14.3 Å². The third kappa shape index (κ3) is 2.16. The topological polar surface area (TPSA) is 50.8 Å². The number of ether oxygens (including phenoxy) is 2. The van der Waals surface area contributed by atoms with E-state index in [1.807, 2.05) is 32.2 Å². The molecule has 2 bridgehead atoms. The van der Waals surface area contributed by atoms with Gasteiger partial charge in [0.15, 0.2) is 6.23 Å². The number of benzene rings is 1. The van der Waals surface area contributed by atoms with Crippen molar-refractivity contribution in [3.05, 3.63) is 35.6 Å². The van der Waals surface area contributed by atoms with E-state index in [9.17, 15) is 4.79 Å². The molecule has 1 aromatic carbocycles. The van der Waals surface area contributed by atoms with E-state index in [1.54, 1.807) is 0 Å². The highest BCUT2D eigenvalue weighted by Gasteiger charge is 2.63. The molecule has 1 N–H and O–H groups in total. The van der Waals surface area contributed by atoms with Gasteiger partial charge in [0.05, 0.1) is 11.4 Å². The molecule has 2 heterocycles. The number of anilines is 2. The number of fused-ring (bicyclic) bond motifs is 4. The predicted molar refractivity (Wildman–Crippen MR) is 109 cm³/mol. The van der Waals surface area contributed by atoms with Crippen LogP contribution in [0.2, 0.25) is 0 Å². The molecule has 5 unspecified atom stereocenters. The van der Waals surface area contributed by atoms with E-state index < -0.39 is 0 Å². The normalized spacial score (nSPS) is 37.2. The fraction of sp³-hybridized carbons (Fsp3) is 0.609. The van der Waals surface area contributed by atoms with Crippen LogP contribution in [0.5, 0.6) is 0 Å². The monoisotopic (exact) mass is 382 g/mol. The van der Waals surface area contributed by atoms with Gasteiger partial charge in [-0.15, -0.1) is 0 Å². The summed E-state index contributed by atoms with van der Waals surface area (Å²) in [6.07, 6.45) is 3.12. The Bertz CT molecular complexity index is 876. The fourth-order valence-corrected chi connectivity index (χ4v) is 6.10. The van der Waals surface area contributed by atoms with Crippen molar-refractivity contribution in [3.63, 3.8) is 0 Å².